The lowest BCUT2D eigenvalue weighted by Gasteiger charge is -2.28. The molecule has 12 rings (SSSR count). The van der Waals surface area contributed by atoms with Crippen molar-refractivity contribution in [2.45, 2.75) is 0 Å². The van der Waals surface area contributed by atoms with E-state index in [0.717, 1.165) is 83.0 Å². The number of para-hydroxylation sites is 3. The van der Waals surface area contributed by atoms with Crippen molar-refractivity contribution in [3.8, 4) is 33.4 Å². The van der Waals surface area contributed by atoms with E-state index in [-0.39, 0.29) is 0 Å². The average Bonchev–Trinajstić information content (AvgIpc) is 3.87. The molecule has 0 N–H and O–H groups in total. The molecule has 12 aromatic rings. The molecule has 0 bridgehead atoms. The topological polar surface area (TPSA) is 29.5 Å². The third-order valence-electron chi connectivity index (χ3n) is 11.8. The summed E-state index contributed by atoms with van der Waals surface area (Å²) in [6.45, 7) is 0. The Morgan fingerprint density at radius 2 is 0.898 bits per heavy atom. The van der Waals surface area contributed by atoms with E-state index in [4.69, 9.17) is 8.83 Å². The van der Waals surface area contributed by atoms with Gasteiger partial charge in [-0.3, -0.25) is 0 Å². The van der Waals surface area contributed by atoms with Gasteiger partial charge in [0.2, 0.25) is 0 Å². The van der Waals surface area contributed by atoms with Crippen molar-refractivity contribution in [1.29, 1.82) is 0 Å². The van der Waals surface area contributed by atoms with Gasteiger partial charge >= 0.3 is 0 Å². The minimum Gasteiger partial charge on any atom is -0.456 e. The smallest absolute Gasteiger partial charge is 0.143 e. The molecule has 0 aliphatic rings. The van der Waals surface area contributed by atoms with Gasteiger partial charge in [0, 0.05) is 33.0 Å². The number of furan rings is 2. The molecule has 276 valence electrons. The fourth-order valence-corrected chi connectivity index (χ4v) is 8.99. The van der Waals surface area contributed by atoms with E-state index < -0.39 is 0 Å². The Hall–Kier alpha value is -7.88. The zero-order chi connectivity index (χ0) is 38.9. The van der Waals surface area contributed by atoms with Crippen molar-refractivity contribution in [2.75, 3.05) is 4.90 Å². The second-order valence-corrected chi connectivity index (χ2v) is 15.3. The third kappa shape index (κ3) is 5.51. The zero-order valence-electron chi connectivity index (χ0n) is 32.0. The summed E-state index contributed by atoms with van der Waals surface area (Å²) in [5.41, 5.74) is 13.4. The number of rotatable bonds is 6. The van der Waals surface area contributed by atoms with E-state index >= 15 is 0 Å². The van der Waals surface area contributed by atoms with Crippen LogP contribution in [0.2, 0.25) is 0 Å². The quantitative estimate of drug-likeness (QED) is 0.169. The molecule has 0 aliphatic heterocycles. The Labute approximate surface area is 340 Å². The first-order valence-electron chi connectivity index (χ1n) is 20.1. The summed E-state index contributed by atoms with van der Waals surface area (Å²) in [6, 6.07) is 75.7. The molecule has 3 nitrogen and oxygen atoms in total. The molecule has 10 aromatic carbocycles. The Morgan fingerprint density at radius 3 is 1.76 bits per heavy atom. The summed E-state index contributed by atoms with van der Waals surface area (Å²) < 4.78 is 13.3. The van der Waals surface area contributed by atoms with Gasteiger partial charge in [-0.15, -0.1) is 0 Å². The summed E-state index contributed by atoms with van der Waals surface area (Å²) in [6.07, 6.45) is 0. The van der Waals surface area contributed by atoms with Crippen LogP contribution in [0.5, 0.6) is 0 Å². The van der Waals surface area contributed by atoms with Crippen molar-refractivity contribution in [1.82, 2.24) is 0 Å². The fourth-order valence-electron chi connectivity index (χ4n) is 8.99. The van der Waals surface area contributed by atoms with E-state index in [1.165, 1.54) is 32.8 Å². The minimum atomic E-state index is 0.847. The van der Waals surface area contributed by atoms with Gasteiger partial charge in [-0.05, 0) is 104 Å². The molecule has 0 saturated heterocycles. The van der Waals surface area contributed by atoms with Gasteiger partial charge < -0.3 is 13.7 Å². The number of fused-ring (bicyclic) bond motifs is 8. The SMILES string of the molecule is c1cc(-c2ccc(N(c3ccccc3-c3cccc4c3oc3cc5ccccc5cc34)c3cccc4oc5ccccc5c34)cc2)cc(-c2ccc3ccccc3c2)c1. The predicted molar refractivity (Wildman–Crippen MR) is 247 cm³/mol. The maximum atomic E-state index is 6.80. The van der Waals surface area contributed by atoms with Crippen LogP contribution >= 0.6 is 0 Å². The lowest BCUT2D eigenvalue weighted by Crippen LogP contribution is -2.11. The predicted octanol–water partition coefficient (Wildman–Crippen LogP) is 16.3. The summed E-state index contributed by atoms with van der Waals surface area (Å²) in [5.74, 6) is 0. The van der Waals surface area contributed by atoms with Gasteiger partial charge in [0.05, 0.1) is 16.8 Å². The number of hydrogen-bond acceptors (Lipinski definition) is 3. The normalized spacial score (nSPS) is 11.7. The molecule has 0 aliphatic carbocycles. The third-order valence-corrected chi connectivity index (χ3v) is 11.8. The van der Waals surface area contributed by atoms with Crippen LogP contribution in [0.15, 0.2) is 221 Å². The highest BCUT2D eigenvalue weighted by Gasteiger charge is 2.23. The molecule has 0 radical (unpaired) electrons. The largest absolute Gasteiger partial charge is 0.456 e. The van der Waals surface area contributed by atoms with Gasteiger partial charge in [0.15, 0.2) is 0 Å². The summed E-state index contributed by atoms with van der Waals surface area (Å²) in [7, 11) is 0. The molecule has 2 heterocycles. The lowest BCUT2D eigenvalue weighted by molar-refractivity contribution is 0.669. The van der Waals surface area contributed by atoms with Crippen LogP contribution in [-0.4, -0.2) is 0 Å². The van der Waals surface area contributed by atoms with E-state index in [9.17, 15) is 0 Å². The van der Waals surface area contributed by atoms with Crippen LogP contribution in [0, 0.1) is 0 Å². The second kappa shape index (κ2) is 13.4. The lowest BCUT2D eigenvalue weighted by atomic mass is 9.96. The maximum absolute atomic E-state index is 6.80. The first-order chi connectivity index (χ1) is 29.2. The van der Waals surface area contributed by atoms with Crippen LogP contribution in [0.4, 0.5) is 17.1 Å². The highest BCUT2D eigenvalue weighted by Crippen LogP contribution is 2.48. The van der Waals surface area contributed by atoms with Gasteiger partial charge in [0.1, 0.15) is 22.3 Å². The molecule has 0 saturated carbocycles. The average molecular weight is 754 g/mol. The highest BCUT2D eigenvalue weighted by molar-refractivity contribution is 6.16. The number of hydrogen-bond donors (Lipinski definition) is 0. The zero-order valence-corrected chi connectivity index (χ0v) is 32.0. The van der Waals surface area contributed by atoms with Gasteiger partial charge in [-0.1, -0.05) is 152 Å². The van der Waals surface area contributed by atoms with Crippen molar-refractivity contribution < 1.29 is 8.83 Å². The van der Waals surface area contributed by atoms with Crippen LogP contribution in [0.1, 0.15) is 0 Å². The van der Waals surface area contributed by atoms with Gasteiger partial charge in [0.25, 0.3) is 0 Å². The van der Waals surface area contributed by atoms with E-state index in [0.29, 0.717) is 0 Å². The van der Waals surface area contributed by atoms with Crippen molar-refractivity contribution in [3.05, 3.63) is 212 Å². The molecule has 3 heteroatoms. The van der Waals surface area contributed by atoms with E-state index in [2.05, 4.69) is 205 Å². The first kappa shape index (κ1) is 33.3. The monoisotopic (exact) mass is 753 g/mol. The highest BCUT2D eigenvalue weighted by atomic mass is 16.3. The number of anilines is 3. The van der Waals surface area contributed by atoms with Crippen molar-refractivity contribution in [2.24, 2.45) is 0 Å². The molecular formula is C56H35NO2. The van der Waals surface area contributed by atoms with E-state index in [1.807, 2.05) is 12.1 Å². The molecule has 0 amide bonds. The Morgan fingerprint density at radius 1 is 0.305 bits per heavy atom. The minimum absolute atomic E-state index is 0.847. The van der Waals surface area contributed by atoms with Crippen LogP contribution in [-0.2, 0) is 0 Å². The first-order valence-corrected chi connectivity index (χ1v) is 20.1. The van der Waals surface area contributed by atoms with E-state index in [1.54, 1.807) is 0 Å². The van der Waals surface area contributed by atoms with Crippen LogP contribution < -0.4 is 4.90 Å². The van der Waals surface area contributed by atoms with Crippen molar-refractivity contribution >= 4 is 82.5 Å². The number of benzene rings is 10. The maximum Gasteiger partial charge on any atom is 0.143 e. The Kier molecular flexibility index (Phi) is 7.54. The summed E-state index contributed by atoms with van der Waals surface area (Å²) in [4.78, 5) is 2.38. The standard InChI is InChI=1S/C56H35NO2/c1-2-13-38-33-43(27-26-36(38)12-1)40-17-9-16-39(32-40)37-28-30-44(31-29-37)57(51-23-11-25-53-55(51)48-19-6-8-24-52(48)58-53)50-22-7-5-18-45(50)46-20-10-21-47-49-34-41-14-3-4-15-42(41)35-54(49)59-56(46)47/h1-35H. The fraction of sp³-hybridized carbons (Fsp3) is 0. The Bertz CT molecular complexity index is 3570. The van der Waals surface area contributed by atoms with Crippen molar-refractivity contribution in [3.63, 3.8) is 0 Å². The molecule has 0 spiro atoms. The van der Waals surface area contributed by atoms with Gasteiger partial charge in [-0.2, -0.15) is 0 Å². The molecule has 2 aromatic heterocycles. The second-order valence-electron chi connectivity index (χ2n) is 15.3. The molecule has 0 fully saturated rings. The molecule has 0 atom stereocenters. The summed E-state index contributed by atoms with van der Waals surface area (Å²) >= 11 is 0. The molecule has 59 heavy (non-hydrogen) atoms. The molecular weight excluding hydrogens is 719 g/mol. The summed E-state index contributed by atoms with van der Waals surface area (Å²) in [5, 5.41) is 9.21. The van der Waals surface area contributed by atoms with Gasteiger partial charge in [-0.25, -0.2) is 0 Å². The van der Waals surface area contributed by atoms with Crippen LogP contribution in [0.3, 0.4) is 0 Å². The molecule has 0 unspecified atom stereocenters. The number of nitrogens with zero attached hydrogens (tertiary/aromatic N) is 1. The van der Waals surface area contributed by atoms with Crippen LogP contribution in [0.25, 0.3) is 98.8 Å². The Balaban J connectivity index is 1.03.